The Kier molecular flexibility index (Phi) is 4.29. The molecule has 1 aliphatic rings. The average molecular weight is 253 g/mol. The zero-order valence-corrected chi connectivity index (χ0v) is 10.5. The number of aliphatic hydroxyl groups excluding tert-OH is 1. The summed E-state index contributed by atoms with van der Waals surface area (Å²) in [5.41, 5.74) is 2.53. The third-order valence-corrected chi connectivity index (χ3v) is 3.05. The van der Waals surface area contributed by atoms with E-state index in [2.05, 4.69) is 20.3 Å². The van der Waals surface area contributed by atoms with Gasteiger partial charge in [-0.1, -0.05) is 0 Å². The summed E-state index contributed by atoms with van der Waals surface area (Å²) in [6.07, 6.45) is 0.978. The Bertz CT molecular complexity index is 401. The van der Waals surface area contributed by atoms with E-state index < -0.39 is 0 Å². The highest BCUT2D eigenvalue weighted by molar-refractivity contribution is 5.49. The van der Waals surface area contributed by atoms with E-state index in [0.717, 1.165) is 25.3 Å². The van der Waals surface area contributed by atoms with Crippen LogP contribution in [0.4, 0.5) is 11.6 Å². The van der Waals surface area contributed by atoms with Crippen LogP contribution in [0, 0.1) is 5.92 Å². The lowest BCUT2D eigenvalue weighted by Gasteiger charge is -2.18. The van der Waals surface area contributed by atoms with Gasteiger partial charge in [0.2, 0.25) is 0 Å². The summed E-state index contributed by atoms with van der Waals surface area (Å²) in [5, 5.41) is 9.16. The monoisotopic (exact) mass is 253 g/mol. The van der Waals surface area contributed by atoms with E-state index in [1.165, 1.54) is 0 Å². The number of hydrazine groups is 1. The first-order chi connectivity index (χ1) is 8.76. The maximum Gasteiger partial charge on any atom is 0.158 e. The van der Waals surface area contributed by atoms with Gasteiger partial charge in [-0.25, -0.2) is 15.8 Å². The van der Waals surface area contributed by atoms with Crippen molar-refractivity contribution in [2.45, 2.75) is 13.0 Å². The Hall–Kier alpha value is -1.44. The lowest BCUT2D eigenvalue weighted by atomic mass is 10.1. The maximum atomic E-state index is 9.16. The minimum absolute atomic E-state index is 0.217. The molecular weight excluding hydrogens is 234 g/mol. The van der Waals surface area contributed by atoms with Gasteiger partial charge in [0.05, 0.1) is 0 Å². The highest BCUT2D eigenvalue weighted by Crippen LogP contribution is 2.23. The molecule has 1 aliphatic heterocycles. The zero-order chi connectivity index (χ0) is 13.0. The van der Waals surface area contributed by atoms with E-state index in [1.807, 2.05) is 0 Å². The number of nitrogens with two attached hydrogens (primary N) is 1. The normalized spacial score (nSPS) is 19.3. The zero-order valence-electron chi connectivity index (χ0n) is 10.5. The molecule has 1 atom stereocenters. The first-order valence-corrected chi connectivity index (χ1v) is 5.96. The van der Waals surface area contributed by atoms with Crippen LogP contribution >= 0.6 is 0 Å². The molecule has 4 N–H and O–H groups in total. The van der Waals surface area contributed by atoms with Crippen molar-refractivity contribution in [2.24, 2.45) is 11.8 Å². The predicted octanol–water partition coefficient (Wildman–Crippen LogP) is -0.273. The van der Waals surface area contributed by atoms with E-state index in [0.29, 0.717) is 24.2 Å². The minimum Gasteiger partial charge on any atom is -0.396 e. The lowest BCUT2D eigenvalue weighted by Crippen LogP contribution is -2.23. The third kappa shape index (κ3) is 2.87. The first kappa shape index (κ1) is 13.0. The second-order valence-electron chi connectivity index (χ2n) is 4.39. The van der Waals surface area contributed by atoms with Crippen LogP contribution in [0.25, 0.3) is 0 Å². The minimum atomic E-state index is 0.217. The fraction of sp³-hybridized carbons (Fsp3) is 0.636. The van der Waals surface area contributed by atoms with Crippen LogP contribution in [0.15, 0.2) is 6.07 Å². The number of ether oxygens (including phenoxy) is 1. The number of aromatic nitrogens is 2. The third-order valence-electron chi connectivity index (χ3n) is 3.05. The standard InChI is InChI=1S/C11H19N5O2/c1-18-7-10-13-9(15-12)4-11(14-10)16-3-2-8(5-16)6-17/h4,8,17H,2-3,5-7,12H2,1H3,(H,13,14,15). The van der Waals surface area contributed by atoms with Crippen LogP contribution in [0.2, 0.25) is 0 Å². The van der Waals surface area contributed by atoms with Gasteiger partial charge in [-0.2, -0.15) is 0 Å². The summed E-state index contributed by atoms with van der Waals surface area (Å²) in [7, 11) is 1.60. The van der Waals surface area contributed by atoms with Crippen molar-refractivity contribution in [1.29, 1.82) is 0 Å². The number of hydrogen-bond donors (Lipinski definition) is 3. The number of anilines is 2. The van der Waals surface area contributed by atoms with Gasteiger partial charge in [-0.3, -0.25) is 0 Å². The van der Waals surface area contributed by atoms with Gasteiger partial charge in [0.15, 0.2) is 5.82 Å². The molecule has 100 valence electrons. The van der Waals surface area contributed by atoms with Crippen molar-refractivity contribution in [1.82, 2.24) is 9.97 Å². The molecule has 1 aromatic heterocycles. The average Bonchev–Trinajstić information content (AvgIpc) is 2.87. The summed E-state index contributed by atoms with van der Waals surface area (Å²) >= 11 is 0. The largest absolute Gasteiger partial charge is 0.396 e. The summed E-state index contributed by atoms with van der Waals surface area (Å²) in [6.45, 7) is 2.26. The second kappa shape index (κ2) is 5.94. The smallest absolute Gasteiger partial charge is 0.158 e. The van der Waals surface area contributed by atoms with Crippen molar-refractivity contribution in [3.05, 3.63) is 11.9 Å². The van der Waals surface area contributed by atoms with Crippen molar-refractivity contribution >= 4 is 11.6 Å². The number of nitrogens with one attached hydrogen (secondary N) is 1. The Morgan fingerprint density at radius 1 is 1.61 bits per heavy atom. The van der Waals surface area contributed by atoms with Gasteiger partial charge in [-0.05, 0) is 6.42 Å². The van der Waals surface area contributed by atoms with Crippen molar-refractivity contribution in [3.63, 3.8) is 0 Å². The molecule has 7 heteroatoms. The van der Waals surface area contributed by atoms with Gasteiger partial charge in [0, 0.05) is 38.8 Å². The molecular formula is C11H19N5O2. The lowest BCUT2D eigenvalue weighted by molar-refractivity contribution is 0.178. The van der Waals surface area contributed by atoms with Crippen molar-refractivity contribution in [3.8, 4) is 0 Å². The van der Waals surface area contributed by atoms with Gasteiger partial charge < -0.3 is 20.2 Å². The molecule has 1 fully saturated rings. The highest BCUT2D eigenvalue weighted by Gasteiger charge is 2.23. The van der Waals surface area contributed by atoms with Crippen LogP contribution in [0.5, 0.6) is 0 Å². The molecule has 2 rings (SSSR count). The Balaban J connectivity index is 2.18. The van der Waals surface area contributed by atoms with Crippen LogP contribution in [0.3, 0.4) is 0 Å². The van der Waals surface area contributed by atoms with E-state index in [4.69, 9.17) is 15.7 Å². The number of hydrogen-bond acceptors (Lipinski definition) is 7. The Labute approximate surface area is 106 Å². The molecule has 0 bridgehead atoms. The number of rotatable bonds is 5. The first-order valence-electron chi connectivity index (χ1n) is 5.96. The van der Waals surface area contributed by atoms with E-state index >= 15 is 0 Å². The number of aliphatic hydroxyl groups is 1. The molecule has 0 saturated carbocycles. The quantitative estimate of drug-likeness (QED) is 0.491. The maximum absolute atomic E-state index is 9.16. The predicted molar refractivity (Wildman–Crippen MR) is 68.0 cm³/mol. The second-order valence-corrected chi connectivity index (χ2v) is 4.39. The van der Waals surface area contributed by atoms with Crippen molar-refractivity contribution < 1.29 is 9.84 Å². The number of nitrogen functional groups attached to an aromatic ring is 1. The molecule has 1 unspecified atom stereocenters. The highest BCUT2D eigenvalue weighted by atomic mass is 16.5. The summed E-state index contributed by atoms with van der Waals surface area (Å²) < 4.78 is 5.04. The van der Waals surface area contributed by atoms with Gasteiger partial charge in [0.25, 0.3) is 0 Å². The fourth-order valence-electron chi connectivity index (χ4n) is 2.10. The van der Waals surface area contributed by atoms with E-state index in [-0.39, 0.29) is 6.61 Å². The number of nitrogens with zero attached hydrogens (tertiary/aromatic N) is 3. The molecule has 0 spiro atoms. The SMILES string of the molecule is COCc1nc(NN)cc(N2CCC(CO)C2)n1. The fourth-order valence-corrected chi connectivity index (χ4v) is 2.10. The molecule has 2 heterocycles. The summed E-state index contributed by atoms with van der Waals surface area (Å²) in [6, 6.07) is 1.80. The van der Waals surface area contributed by atoms with E-state index in [9.17, 15) is 0 Å². The van der Waals surface area contributed by atoms with Crippen LogP contribution in [-0.2, 0) is 11.3 Å². The molecule has 18 heavy (non-hydrogen) atoms. The topological polar surface area (TPSA) is 96.5 Å². The van der Waals surface area contributed by atoms with Crippen LogP contribution in [-0.4, -0.2) is 41.9 Å². The van der Waals surface area contributed by atoms with Crippen LogP contribution in [0.1, 0.15) is 12.2 Å². The van der Waals surface area contributed by atoms with Gasteiger partial charge >= 0.3 is 0 Å². The Morgan fingerprint density at radius 2 is 2.44 bits per heavy atom. The molecule has 0 aromatic carbocycles. The van der Waals surface area contributed by atoms with Crippen LogP contribution < -0.4 is 16.2 Å². The molecule has 0 aliphatic carbocycles. The molecule has 0 amide bonds. The van der Waals surface area contributed by atoms with E-state index in [1.54, 1.807) is 13.2 Å². The molecule has 1 saturated heterocycles. The Morgan fingerprint density at radius 3 is 3.06 bits per heavy atom. The summed E-state index contributed by atoms with van der Waals surface area (Å²) in [4.78, 5) is 10.8. The van der Waals surface area contributed by atoms with Gasteiger partial charge in [0.1, 0.15) is 18.2 Å². The molecule has 1 aromatic rings. The van der Waals surface area contributed by atoms with Gasteiger partial charge in [-0.15, -0.1) is 0 Å². The molecule has 7 nitrogen and oxygen atoms in total. The number of methoxy groups -OCH3 is 1. The summed E-state index contributed by atoms with van der Waals surface area (Å²) in [5.74, 6) is 7.70. The molecule has 0 radical (unpaired) electrons. The van der Waals surface area contributed by atoms with Crippen molar-refractivity contribution in [2.75, 3.05) is 37.1 Å².